The maximum absolute atomic E-state index is 13.7. The molecule has 0 fully saturated rings. The highest BCUT2D eigenvalue weighted by Crippen LogP contribution is 2.18. The highest BCUT2D eigenvalue weighted by Gasteiger charge is 2.24. The maximum Gasteiger partial charge on any atom is 0.242 e. The van der Waals surface area contributed by atoms with Crippen molar-refractivity contribution in [2.75, 3.05) is 20.2 Å². The lowest BCUT2D eigenvalue weighted by Crippen LogP contribution is -2.46. The summed E-state index contributed by atoms with van der Waals surface area (Å²) < 4.78 is 7.57. The molecule has 1 aromatic carbocycles. The molecule has 0 saturated carbocycles. The molecule has 1 unspecified atom stereocenters. The first-order valence-corrected chi connectivity index (χ1v) is 14.3. The van der Waals surface area contributed by atoms with Crippen LogP contribution in [-0.4, -0.2) is 52.4 Å². The third-order valence-electron chi connectivity index (χ3n) is 7.14. The predicted octanol–water partition coefficient (Wildman–Crippen LogP) is 6.66. The third kappa shape index (κ3) is 10.3. The zero-order valence-corrected chi connectivity index (χ0v) is 23.9. The first kappa shape index (κ1) is 30.5. The van der Waals surface area contributed by atoms with E-state index in [2.05, 4.69) is 50.6 Å². The van der Waals surface area contributed by atoms with E-state index in [9.17, 15) is 9.59 Å². The Labute approximate surface area is 225 Å². The fourth-order valence-electron chi connectivity index (χ4n) is 4.56. The zero-order chi connectivity index (χ0) is 27.0. The molecule has 0 aliphatic rings. The molecule has 2 amide bonds. The fourth-order valence-corrected chi connectivity index (χ4v) is 4.56. The summed E-state index contributed by atoms with van der Waals surface area (Å²) in [6.45, 7) is 10.6. The minimum absolute atomic E-state index is 0.0295. The summed E-state index contributed by atoms with van der Waals surface area (Å²) in [5, 5.41) is 0. The minimum atomic E-state index is 0.0295. The summed E-state index contributed by atoms with van der Waals surface area (Å²) in [6.07, 6.45) is 10.8. The van der Waals surface area contributed by atoms with Crippen LogP contribution < -0.4 is 4.74 Å². The number of benzene rings is 1. The molecule has 1 atom stereocenters. The van der Waals surface area contributed by atoms with Gasteiger partial charge in [0.25, 0.3) is 0 Å². The van der Waals surface area contributed by atoms with Crippen LogP contribution in [0.15, 0.2) is 42.6 Å². The molecule has 0 radical (unpaired) electrons. The summed E-state index contributed by atoms with van der Waals surface area (Å²) in [5.74, 6) is 0.984. The second-order valence-electron chi connectivity index (χ2n) is 10.1. The molecule has 1 heterocycles. The SMILES string of the molecule is CCCCCCC(=O)N(CCCCC)CC(=O)N(Cc1cccn1Cc1cccc(OC)c1)C(C)CC. The Morgan fingerprint density at radius 2 is 1.70 bits per heavy atom. The van der Waals surface area contributed by atoms with Crippen molar-refractivity contribution in [3.05, 3.63) is 53.9 Å². The molecule has 6 nitrogen and oxygen atoms in total. The van der Waals surface area contributed by atoms with Crippen molar-refractivity contribution in [3.63, 3.8) is 0 Å². The smallest absolute Gasteiger partial charge is 0.242 e. The van der Waals surface area contributed by atoms with Gasteiger partial charge in [-0.25, -0.2) is 0 Å². The Morgan fingerprint density at radius 3 is 2.41 bits per heavy atom. The lowest BCUT2D eigenvalue weighted by atomic mass is 10.1. The predicted molar refractivity (Wildman–Crippen MR) is 152 cm³/mol. The van der Waals surface area contributed by atoms with Gasteiger partial charge in [0.1, 0.15) is 5.75 Å². The number of carbonyl (C=O) groups is 2. The number of amides is 2. The number of rotatable bonds is 18. The van der Waals surface area contributed by atoms with Gasteiger partial charge >= 0.3 is 0 Å². The Hall–Kier alpha value is -2.76. The van der Waals surface area contributed by atoms with Gasteiger partial charge in [0.15, 0.2) is 0 Å². The summed E-state index contributed by atoms with van der Waals surface area (Å²) in [5.41, 5.74) is 2.23. The molecule has 1 aromatic heterocycles. The van der Waals surface area contributed by atoms with Crippen LogP contribution in [0.2, 0.25) is 0 Å². The molecule has 0 saturated heterocycles. The van der Waals surface area contributed by atoms with Gasteiger partial charge in [-0.1, -0.05) is 65.0 Å². The van der Waals surface area contributed by atoms with E-state index in [1.54, 1.807) is 7.11 Å². The molecule has 0 bridgehead atoms. The standard InChI is InChI=1S/C31H49N3O3/c1-6-9-11-12-19-30(35)33(20-13-10-7-2)25-31(36)34(26(4)8-3)24-28-17-15-21-32(28)23-27-16-14-18-29(22-27)37-5/h14-18,21-22,26H,6-13,19-20,23-25H2,1-5H3. The topological polar surface area (TPSA) is 54.8 Å². The van der Waals surface area contributed by atoms with Crippen molar-refractivity contribution >= 4 is 11.8 Å². The highest BCUT2D eigenvalue weighted by molar-refractivity contribution is 5.85. The van der Waals surface area contributed by atoms with E-state index < -0.39 is 0 Å². The van der Waals surface area contributed by atoms with Crippen LogP contribution in [0, 0.1) is 0 Å². The molecular weight excluding hydrogens is 462 g/mol. The second kappa shape index (κ2) is 16.9. The Kier molecular flexibility index (Phi) is 13.9. The van der Waals surface area contributed by atoms with E-state index >= 15 is 0 Å². The van der Waals surface area contributed by atoms with Crippen LogP contribution in [0.5, 0.6) is 5.75 Å². The van der Waals surface area contributed by atoms with Crippen LogP contribution in [-0.2, 0) is 22.7 Å². The van der Waals surface area contributed by atoms with E-state index in [1.807, 2.05) is 34.1 Å². The largest absolute Gasteiger partial charge is 0.497 e. The molecule has 0 aliphatic carbocycles. The molecule has 206 valence electrons. The average molecular weight is 512 g/mol. The molecular formula is C31H49N3O3. The second-order valence-corrected chi connectivity index (χ2v) is 10.1. The quantitative estimate of drug-likeness (QED) is 0.210. The van der Waals surface area contributed by atoms with E-state index in [0.29, 0.717) is 26.1 Å². The van der Waals surface area contributed by atoms with E-state index in [1.165, 1.54) is 0 Å². The van der Waals surface area contributed by atoms with Gasteiger partial charge in [-0.05, 0) is 56.0 Å². The Bertz CT molecular complexity index is 939. The summed E-state index contributed by atoms with van der Waals surface area (Å²) in [7, 11) is 1.68. The van der Waals surface area contributed by atoms with Gasteiger partial charge in [0.05, 0.1) is 20.2 Å². The molecule has 2 rings (SSSR count). The Morgan fingerprint density at radius 1 is 0.946 bits per heavy atom. The van der Waals surface area contributed by atoms with Gasteiger partial charge in [-0.15, -0.1) is 0 Å². The summed E-state index contributed by atoms with van der Waals surface area (Å²) in [6, 6.07) is 12.3. The molecule has 0 spiro atoms. The van der Waals surface area contributed by atoms with Crippen molar-refractivity contribution in [1.29, 1.82) is 0 Å². The summed E-state index contributed by atoms with van der Waals surface area (Å²) in [4.78, 5) is 30.5. The van der Waals surface area contributed by atoms with Crippen molar-refractivity contribution in [2.45, 2.75) is 105 Å². The molecule has 6 heteroatoms. The van der Waals surface area contributed by atoms with E-state index in [-0.39, 0.29) is 24.4 Å². The fraction of sp³-hybridized carbons (Fsp3) is 0.613. The number of unbranched alkanes of at least 4 members (excludes halogenated alkanes) is 5. The third-order valence-corrected chi connectivity index (χ3v) is 7.14. The van der Waals surface area contributed by atoms with Gasteiger partial charge in [0.2, 0.25) is 11.8 Å². The number of nitrogens with zero attached hydrogens (tertiary/aromatic N) is 3. The van der Waals surface area contributed by atoms with Gasteiger partial charge in [-0.2, -0.15) is 0 Å². The van der Waals surface area contributed by atoms with E-state index in [4.69, 9.17) is 4.74 Å². The van der Waals surface area contributed by atoms with Crippen LogP contribution in [0.25, 0.3) is 0 Å². The van der Waals surface area contributed by atoms with Crippen molar-refractivity contribution in [3.8, 4) is 5.75 Å². The number of ether oxygens (including phenoxy) is 1. The average Bonchev–Trinajstić information content (AvgIpc) is 3.34. The lowest BCUT2D eigenvalue weighted by Gasteiger charge is -2.32. The van der Waals surface area contributed by atoms with Crippen molar-refractivity contribution < 1.29 is 14.3 Å². The number of carbonyl (C=O) groups excluding carboxylic acids is 2. The highest BCUT2D eigenvalue weighted by atomic mass is 16.5. The molecule has 2 aromatic rings. The number of methoxy groups -OCH3 is 1. The van der Waals surface area contributed by atoms with Crippen molar-refractivity contribution in [1.82, 2.24) is 14.4 Å². The lowest BCUT2D eigenvalue weighted by molar-refractivity contribution is -0.142. The van der Waals surface area contributed by atoms with Gasteiger partial charge < -0.3 is 19.1 Å². The molecule has 0 N–H and O–H groups in total. The van der Waals surface area contributed by atoms with Crippen molar-refractivity contribution in [2.24, 2.45) is 0 Å². The maximum atomic E-state index is 13.7. The van der Waals surface area contributed by atoms with Gasteiger partial charge in [-0.3, -0.25) is 9.59 Å². The molecule has 37 heavy (non-hydrogen) atoms. The summed E-state index contributed by atoms with van der Waals surface area (Å²) >= 11 is 0. The van der Waals surface area contributed by atoms with Crippen LogP contribution in [0.1, 0.15) is 96.7 Å². The molecule has 0 aliphatic heterocycles. The first-order valence-electron chi connectivity index (χ1n) is 14.3. The number of hydrogen-bond acceptors (Lipinski definition) is 3. The number of hydrogen-bond donors (Lipinski definition) is 0. The monoisotopic (exact) mass is 511 g/mol. The van der Waals surface area contributed by atoms with Crippen LogP contribution >= 0.6 is 0 Å². The normalized spacial score (nSPS) is 11.8. The van der Waals surface area contributed by atoms with Crippen LogP contribution in [0.4, 0.5) is 0 Å². The Balaban J connectivity index is 2.13. The van der Waals surface area contributed by atoms with Crippen LogP contribution in [0.3, 0.4) is 0 Å². The van der Waals surface area contributed by atoms with Gasteiger partial charge in [0, 0.05) is 37.4 Å². The zero-order valence-electron chi connectivity index (χ0n) is 23.9. The number of aromatic nitrogens is 1. The van der Waals surface area contributed by atoms with E-state index in [0.717, 1.165) is 68.4 Å². The first-order chi connectivity index (χ1) is 17.9. The minimum Gasteiger partial charge on any atom is -0.497 e.